The maximum atomic E-state index is 13.0. The highest BCUT2D eigenvalue weighted by molar-refractivity contribution is 5.58. The van der Waals surface area contributed by atoms with E-state index in [1.165, 1.54) is 12.1 Å². The number of hydrogen-bond acceptors (Lipinski definition) is 2. The molecular formula is C15H9F4N3. The van der Waals surface area contributed by atoms with Crippen molar-refractivity contribution < 1.29 is 17.6 Å². The van der Waals surface area contributed by atoms with Crippen molar-refractivity contribution in [1.29, 1.82) is 0 Å². The second-order valence-corrected chi connectivity index (χ2v) is 4.51. The van der Waals surface area contributed by atoms with Gasteiger partial charge in [0.1, 0.15) is 5.82 Å². The summed E-state index contributed by atoms with van der Waals surface area (Å²) in [6.07, 6.45) is -4.66. The largest absolute Gasteiger partial charge is 0.453 e. The third kappa shape index (κ3) is 2.69. The van der Waals surface area contributed by atoms with Gasteiger partial charge in [0.05, 0.1) is 5.69 Å². The Balaban J connectivity index is 2.19. The van der Waals surface area contributed by atoms with Crippen LogP contribution in [-0.4, -0.2) is 14.8 Å². The van der Waals surface area contributed by atoms with Crippen molar-refractivity contribution in [3.05, 3.63) is 66.2 Å². The highest BCUT2D eigenvalue weighted by Gasteiger charge is 2.37. The van der Waals surface area contributed by atoms with E-state index in [-0.39, 0.29) is 5.82 Å². The van der Waals surface area contributed by atoms with Crippen LogP contribution in [0.25, 0.3) is 17.1 Å². The van der Waals surface area contributed by atoms with Crippen molar-refractivity contribution in [3.63, 3.8) is 0 Å². The molecule has 0 radical (unpaired) electrons. The Bertz CT molecular complexity index is 777. The van der Waals surface area contributed by atoms with Crippen molar-refractivity contribution in [2.75, 3.05) is 0 Å². The summed E-state index contributed by atoms with van der Waals surface area (Å²) in [5.74, 6) is -1.72. The van der Waals surface area contributed by atoms with Gasteiger partial charge >= 0.3 is 6.18 Å². The first-order valence-electron chi connectivity index (χ1n) is 6.31. The zero-order chi connectivity index (χ0) is 15.7. The van der Waals surface area contributed by atoms with E-state index in [0.717, 1.165) is 16.8 Å². The first-order chi connectivity index (χ1) is 10.4. The number of rotatable bonds is 2. The van der Waals surface area contributed by atoms with Gasteiger partial charge < -0.3 is 0 Å². The Hall–Kier alpha value is -2.70. The maximum Gasteiger partial charge on any atom is 0.453 e. The Morgan fingerprint density at radius 2 is 1.50 bits per heavy atom. The van der Waals surface area contributed by atoms with E-state index in [2.05, 4.69) is 10.1 Å². The van der Waals surface area contributed by atoms with Gasteiger partial charge in [-0.1, -0.05) is 18.2 Å². The molecule has 2 aromatic carbocycles. The van der Waals surface area contributed by atoms with Gasteiger partial charge in [0.15, 0.2) is 5.82 Å². The Morgan fingerprint density at radius 1 is 0.864 bits per heavy atom. The van der Waals surface area contributed by atoms with Crippen LogP contribution in [0.1, 0.15) is 5.82 Å². The van der Waals surface area contributed by atoms with Crippen LogP contribution in [0.15, 0.2) is 54.6 Å². The summed E-state index contributed by atoms with van der Waals surface area (Å²) < 4.78 is 52.7. The summed E-state index contributed by atoms with van der Waals surface area (Å²) in [5, 5.41) is 3.54. The van der Waals surface area contributed by atoms with Gasteiger partial charge in [-0.3, -0.25) is 0 Å². The van der Waals surface area contributed by atoms with Crippen LogP contribution in [0.5, 0.6) is 0 Å². The number of para-hydroxylation sites is 1. The minimum atomic E-state index is -4.66. The molecule has 7 heteroatoms. The number of hydrogen-bond donors (Lipinski definition) is 0. The summed E-state index contributed by atoms with van der Waals surface area (Å²) in [5.41, 5.74) is 0.776. The molecule has 22 heavy (non-hydrogen) atoms. The maximum absolute atomic E-state index is 13.0. The SMILES string of the molecule is Fc1ccc(-c2nc(C(F)(F)F)nn2-c2ccccc2)cc1. The molecule has 112 valence electrons. The highest BCUT2D eigenvalue weighted by atomic mass is 19.4. The highest BCUT2D eigenvalue weighted by Crippen LogP contribution is 2.30. The van der Waals surface area contributed by atoms with Crippen LogP contribution in [0.4, 0.5) is 17.6 Å². The molecule has 0 unspecified atom stereocenters. The lowest BCUT2D eigenvalue weighted by molar-refractivity contribution is -0.144. The smallest absolute Gasteiger partial charge is 0.213 e. The fraction of sp³-hybridized carbons (Fsp3) is 0.0667. The van der Waals surface area contributed by atoms with Crippen molar-refractivity contribution in [2.45, 2.75) is 6.18 Å². The lowest BCUT2D eigenvalue weighted by Gasteiger charge is -2.05. The number of nitrogens with zero attached hydrogens (tertiary/aromatic N) is 3. The lowest BCUT2D eigenvalue weighted by atomic mass is 10.2. The minimum absolute atomic E-state index is 0.00137. The summed E-state index contributed by atoms with van der Waals surface area (Å²) in [6, 6.07) is 13.4. The zero-order valence-electron chi connectivity index (χ0n) is 11.0. The molecule has 0 fully saturated rings. The molecule has 0 spiro atoms. The molecule has 0 N–H and O–H groups in total. The van der Waals surface area contributed by atoms with Crippen molar-refractivity contribution in [2.24, 2.45) is 0 Å². The average Bonchev–Trinajstić information content (AvgIpc) is 2.94. The second kappa shape index (κ2) is 5.25. The summed E-state index contributed by atoms with van der Waals surface area (Å²) >= 11 is 0. The standard InChI is InChI=1S/C15H9F4N3/c16-11-8-6-10(7-9-11)13-20-14(15(17,18)19)21-22(13)12-4-2-1-3-5-12/h1-9H. The molecule has 0 atom stereocenters. The monoisotopic (exact) mass is 307 g/mol. The summed E-state index contributed by atoms with van der Waals surface area (Å²) in [6.45, 7) is 0. The molecular weight excluding hydrogens is 298 g/mol. The topological polar surface area (TPSA) is 30.7 Å². The average molecular weight is 307 g/mol. The first-order valence-corrected chi connectivity index (χ1v) is 6.31. The fourth-order valence-electron chi connectivity index (χ4n) is 1.97. The van der Waals surface area contributed by atoms with E-state index in [1.54, 1.807) is 30.3 Å². The molecule has 3 aromatic rings. The quantitative estimate of drug-likeness (QED) is 0.668. The third-order valence-corrected chi connectivity index (χ3v) is 2.96. The molecule has 3 nitrogen and oxygen atoms in total. The number of alkyl halides is 3. The Labute approximate surface area is 122 Å². The van der Waals surface area contributed by atoms with Crippen molar-refractivity contribution in [3.8, 4) is 17.1 Å². The van der Waals surface area contributed by atoms with Crippen molar-refractivity contribution in [1.82, 2.24) is 14.8 Å². The Kier molecular flexibility index (Phi) is 3.40. The Morgan fingerprint density at radius 3 is 2.09 bits per heavy atom. The molecule has 0 bridgehead atoms. The zero-order valence-corrected chi connectivity index (χ0v) is 11.0. The van der Waals surface area contributed by atoms with Gasteiger partial charge in [-0.15, -0.1) is 5.10 Å². The fourth-order valence-corrected chi connectivity index (χ4v) is 1.97. The molecule has 0 aliphatic heterocycles. The van der Waals surface area contributed by atoms with E-state index in [0.29, 0.717) is 11.3 Å². The minimum Gasteiger partial charge on any atom is -0.213 e. The second-order valence-electron chi connectivity index (χ2n) is 4.51. The van der Waals surface area contributed by atoms with Crippen molar-refractivity contribution >= 4 is 0 Å². The molecule has 1 heterocycles. The van der Waals surface area contributed by atoms with E-state index in [4.69, 9.17) is 0 Å². The van der Waals surface area contributed by atoms with Gasteiger partial charge in [-0.25, -0.2) is 14.1 Å². The number of benzene rings is 2. The molecule has 0 aliphatic rings. The predicted octanol–water partition coefficient (Wildman–Crippen LogP) is 4.09. The number of aromatic nitrogens is 3. The van der Waals surface area contributed by atoms with Crippen LogP contribution in [0.3, 0.4) is 0 Å². The van der Waals surface area contributed by atoms with Crippen LogP contribution in [0, 0.1) is 5.82 Å². The van der Waals surface area contributed by atoms with Gasteiger partial charge in [0.25, 0.3) is 5.82 Å². The number of halogens is 4. The van der Waals surface area contributed by atoms with Gasteiger partial charge in [-0.05, 0) is 36.4 Å². The van der Waals surface area contributed by atoms with Crippen LogP contribution in [0.2, 0.25) is 0 Å². The molecule has 0 aliphatic carbocycles. The lowest BCUT2D eigenvalue weighted by Crippen LogP contribution is -2.08. The molecule has 3 rings (SSSR count). The molecule has 0 saturated heterocycles. The molecule has 0 saturated carbocycles. The van der Waals surface area contributed by atoms with E-state index >= 15 is 0 Å². The van der Waals surface area contributed by atoms with Gasteiger partial charge in [0, 0.05) is 5.56 Å². The van der Waals surface area contributed by atoms with Crippen LogP contribution in [-0.2, 0) is 6.18 Å². The van der Waals surface area contributed by atoms with Gasteiger partial charge in [0.2, 0.25) is 0 Å². The molecule has 1 aromatic heterocycles. The predicted molar refractivity (Wildman–Crippen MR) is 71.8 cm³/mol. The van der Waals surface area contributed by atoms with Crippen LogP contribution >= 0.6 is 0 Å². The van der Waals surface area contributed by atoms with E-state index < -0.39 is 17.8 Å². The summed E-state index contributed by atoms with van der Waals surface area (Å²) in [7, 11) is 0. The van der Waals surface area contributed by atoms with E-state index in [1.807, 2.05) is 0 Å². The normalized spacial score (nSPS) is 11.6. The van der Waals surface area contributed by atoms with E-state index in [9.17, 15) is 17.6 Å². The third-order valence-electron chi connectivity index (χ3n) is 2.96. The first kappa shape index (κ1) is 14.2. The van der Waals surface area contributed by atoms with Crippen LogP contribution < -0.4 is 0 Å². The summed E-state index contributed by atoms with van der Waals surface area (Å²) in [4.78, 5) is 3.56. The van der Waals surface area contributed by atoms with Gasteiger partial charge in [-0.2, -0.15) is 13.2 Å². The molecule has 0 amide bonds.